The first-order chi connectivity index (χ1) is 14.1. The first kappa shape index (κ1) is 21.0. The number of nitrogens with one attached hydrogen (secondary N) is 2. The molecule has 0 radical (unpaired) electrons. The summed E-state index contributed by atoms with van der Waals surface area (Å²) in [5.74, 6) is -0.262. The van der Waals surface area contributed by atoms with Crippen LogP contribution < -0.4 is 10.6 Å². The van der Waals surface area contributed by atoms with E-state index in [1.165, 1.54) is 0 Å². The fourth-order valence-corrected chi connectivity index (χ4v) is 3.76. The third kappa shape index (κ3) is 6.71. The maximum absolute atomic E-state index is 12.5. The zero-order chi connectivity index (χ0) is 20.5. The lowest BCUT2D eigenvalue weighted by molar-refractivity contribution is -0.129. The van der Waals surface area contributed by atoms with Gasteiger partial charge in [0.05, 0.1) is 12.1 Å². The van der Waals surface area contributed by atoms with Crippen LogP contribution in [0.15, 0.2) is 48.8 Å². The van der Waals surface area contributed by atoms with E-state index in [9.17, 15) is 14.7 Å². The van der Waals surface area contributed by atoms with Crippen LogP contribution in [0.4, 0.5) is 0 Å². The summed E-state index contributed by atoms with van der Waals surface area (Å²) in [5.41, 5.74) is 1.11. The highest BCUT2D eigenvalue weighted by Crippen LogP contribution is 2.25. The second-order valence-electron chi connectivity index (χ2n) is 7.65. The van der Waals surface area contributed by atoms with Crippen molar-refractivity contribution >= 4 is 11.8 Å². The lowest BCUT2D eigenvalue weighted by Crippen LogP contribution is -2.49. The van der Waals surface area contributed by atoms with E-state index >= 15 is 0 Å². The van der Waals surface area contributed by atoms with Gasteiger partial charge in [-0.3, -0.25) is 14.3 Å². The summed E-state index contributed by atoms with van der Waals surface area (Å²) in [6, 6.07) is 11.4. The van der Waals surface area contributed by atoms with Crippen molar-refractivity contribution in [3.8, 4) is 0 Å². The highest BCUT2D eigenvalue weighted by molar-refractivity contribution is 5.79. The summed E-state index contributed by atoms with van der Waals surface area (Å²) in [6.07, 6.45) is 6.52. The first-order valence-electron chi connectivity index (χ1n) is 10.4. The SMILES string of the molecule is O=C(CCc1ccccc1)N[C@@H]1C[C@@H](C(=O)NCCCn2cccn2)CC[C@H]1O. The van der Waals surface area contributed by atoms with Gasteiger partial charge in [0.2, 0.25) is 11.8 Å². The monoisotopic (exact) mass is 398 g/mol. The van der Waals surface area contributed by atoms with Crippen LogP contribution in [0.5, 0.6) is 0 Å². The van der Waals surface area contributed by atoms with Crippen molar-refractivity contribution in [2.24, 2.45) is 5.92 Å². The fraction of sp³-hybridized carbons (Fsp3) is 0.500. The van der Waals surface area contributed by atoms with Crippen LogP contribution in [0.1, 0.15) is 37.7 Å². The van der Waals surface area contributed by atoms with E-state index in [-0.39, 0.29) is 23.8 Å². The molecule has 1 heterocycles. The molecule has 0 bridgehead atoms. The van der Waals surface area contributed by atoms with Crippen molar-refractivity contribution in [2.45, 2.75) is 57.2 Å². The molecule has 1 aliphatic carbocycles. The summed E-state index contributed by atoms with van der Waals surface area (Å²) >= 11 is 0. The van der Waals surface area contributed by atoms with E-state index < -0.39 is 6.10 Å². The van der Waals surface area contributed by atoms with E-state index in [2.05, 4.69) is 15.7 Å². The van der Waals surface area contributed by atoms with Gasteiger partial charge in [-0.25, -0.2) is 0 Å². The van der Waals surface area contributed by atoms with Crippen LogP contribution in [0.25, 0.3) is 0 Å². The zero-order valence-corrected chi connectivity index (χ0v) is 16.7. The van der Waals surface area contributed by atoms with Crippen molar-refractivity contribution in [1.82, 2.24) is 20.4 Å². The number of nitrogens with zero attached hydrogens (tertiary/aromatic N) is 2. The second kappa shape index (κ2) is 10.8. The Kier molecular flexibility index (Phi) is 7.81. The number of aliphatic hydroxyl groups excluding tert-OH is 1. The molecule has 1 aromatic heterocycles. The van der Waals surface area contributed by atoms with Gasteiger partial charge >= 0.3 is 0 Å². The number of hydrogen-bond acceptors (Lipinski definition) is 4. The molecule has 0 unspecified atom stereocenters. The maximum Gasteiger partial charge on any atom is 0.223 e. The molecule has 1 fully saturated rings. The Balaban J connectivity index is 1.39. The minimum absolute atomic E-state index is 0.000833. The Labute approximate surface area is 171 Å². The number of hydrogen-bond donors (Lipinski definition) is 3. The third-order valence-electron chi connectivity index (χ3n) is 5.44. The van der Waals surface area contributed by atoms with Gasteiger partial charge in [-0.15, -0.1) is 0 Å². The molecule has 3 atom stereocenters. The van der Waals surface area contributed by atoms with Gasteiger partial charge in [0.25, 0.3) is 0 Å². The third-order valence-corrected chi connectivity index (χ3v) is 5.44. The number of aromatic nitrogens is 2. The van der Waals surface area contributed by atoms with Crippen molar-refractivity contribution in [2.75, 3.05) is 6.54 Å². The van der Waals surface area contributed by atoms with Gasteiger partial charge in [0.15, 0.2) is 0 Å². The lowest BCUT2D eigenvalue weighted by atomic mass is 9.83. The molecule has 3 rings (SSSR count). The Morgan fingerprint density at radius 2 is 2.00 bits per heavy atom. The second-order valence-corrected chi connectivity index (χ2v) is 7.65. The van der Waals surface area contributed by atoms with Crippen LogP contribution in [0.2, 0.25) is 0 Å². The molecule has 1 aromatic carbocycles. The molecule has 7 heteroatoms. The number of carbonyl (C=O) groups excluding carboxylic acids is 2. The fourth-order valence-electron chi connectivity index (χ4n) is 3.76. The molecular weight excluding hydrogens is 368 g/mol. The molecule has 1 aliphatic rings. The molecule has 2 amide bonds. The molecule has 2 aromatic rings. The summed E-state index contributed by atoms with van der Waals surface area (Å²) < 4.78 is 1.84. The lowest BCUT2D eigenvalue weighted by Gasteiger charge is -2.33. The standard InChI is InChI=1S/C22H30N4O3/c27-20-10-9-18(22(29)23-12-4-14-26-15-5-13-24-26)16-19(20)25-21(28)11-8-17-6-2-1-3-7-17/h1-3,5-7,13,15,18-20,27H,4,8-12,14,16H2,(H,23,29)(H,25,28)/t18-,19+,20+/m0/s1. The maximum atomic E-state index is 12.5. The van der Waals surface area contributed by atoms with E-state index in [0.29, 0.717) is 38.6 Å². The van der Waals surface area contributed by atoms with Crippen LogP contribution in [-0.4, -0.2) is 45.4 Å². The number of rotatable bonds is 9. The average Bonchev–Trinajstić information content (AvgIpc) is 3.25. The van der Waals surface area contributed by atoms with Crippen molar-refractivity contribution in [3.63, 3.8) is 0 Å². The minimum Gasteiger partial charge on any atom is -0.391 e. The highest BCUT2D eigenvalue weighted by atomic mass is 16.3. The molecule has 3 N–H and O–H groups in total. The average molecular weight is 399 g/mol. The molecule has 156 valence electrons. The quantitative estimate of drug-likeness (QED) is 0.560. The van der Waals surface area contributed by atoms with Gasteiger partial charge in [-0.1, -0.05) is 30.3 Å². The number of benzene rings is 1. The number of aryl methyl sites for hydroxylation is 2. The van der Waals surface area contributed by atoms with Crippen LogP contribution in [0.3, 0.4) is 0 Å². The van der Waals surface area contributed by atoms with E-state index in [0.717, 1.165) is 18.5 Å². The molecular formula is C22H30N4O3. The van der Waals surface area contributed by atoms with Crippen LogP contribution in [0, 0.1) is 5.92 Å². The smallest absolute Gasteiger partial charge is 0.223 e. The minimum atomic E-state index is -0.598. The molecule has 0 saturated heterocycles. The number of amides is 2. The van der Waals surface area contributed by atoms with E-state index in [1.807, 2.05) is 47.3 Å². The summed E-state index contributed by atoms with van der Waals surface area (Å²) in [7, 11) is 0. The van der Waals surface area contributed by atoms with Gasteiger partial charge < -0.3 is 15.7 Å². The first-order valence-corrected chi connectivity index (χ1v) is 10.4. The molecule has 0 aliphatic heterocycles. The largest absolute Gasteiger partial charge is 0.391 e. The van der Waals surface area contributed by atoms with Gasteiger partial charge in [0, 0.05) is 37.8 Å². The van der Waals surface area contributed by atoms with Crippen molar-refractivity contribution < 1.29 is 14.7 Å². The summed E-state index contributed by atoms with van der Waals surface area (Å²) in [4.78, 5) is 24.8. The molecule has 0 spiro atoms. The molecule has 7 nitrogen and oxygen atoms in total. The molecule has 1 saturated carbocycles. The normalized spacial score (nSPS) is 21.5. The van der Waals surface area contributed by atoms with Gasteiger partial charge in [0.1, 0.15) is 0 Å². The highest BCUT2D eigenvalue weighted by Gasteiger charge is 2.33. The van der Waals surface area contributed by atoms with E-state index in [4.69, 9.17) is 0 Å². The summed E-state index contributed by atoms with van der Waals surface area (Å²) in [5, 5.41) is 20.3. The summed E-state index contributed by atoms with van der Waals surface area (Å²) in [6.45, 7) is 1.35. The van der Waals surface area contributed by atoms with E-state index in [1.54, 1.807) is 6.20 Å². The van der Waals surface area contributed by atoms with Crippen molar-refractivity contribution in [3.05, 3.63) is 54.4 Å². The topological polar surface area (TPSA) is 96.3 Å². The zero-order valence-electron chi connectivity index (χ0n) is 16.7. The number of aliphatic hydroxyl groups is 1. The van der Waals surface area contributed by atoms with Crippen LogP contribution in [-0.2, 0) is 22.6 Å². The van der Waals surface area contributed by atoms with Gasteiger partial charge in [-0.2, -0.15) is 5.10 Å². The number of carbonyl (C=O) groups is 2. The predicted octanol–water partition coefficient (Wildman–Crippen LogP) is 1.67. The van der Waals surface area contributed by atoms with Crippen LogP contribution >= 0.6 is 0 Å². The Morgan fingerprint density at radius 1 is 1.17 bits per heavy atom. The Bertz CT molecular complexity index is 764. The predicted molar refractivity (Wildman–Crippen MR) is 110 cm³/mol. The van der Waals surface area contributed by atoms with Gasteiger partial charge in [-0.05, 0) is 43.7 Å². The Hall–Kier alpha value is -2.67. The molecule has 29 heavy (non-hydrogen) atoms. The van der Waals surface area contributed by atoms with Crippen molar-refractivity contribution in [1.29, 1.82) is 0 Å². The Morgan fingerprint density at radius 3 is 2.76 bits per heavy atom.